The molecule has 1 aliphatic heterocycles. The molecule has 1 fully saturated rings. The predicted molar refractivity (Wildman–Crippen MR) is 104 cm³/mol. The quantitative estimate of drug-likeness (QED) is 0.593. The first-order valence-electron chi connectivity index (χ1n) is 8.57. The highest BCUT2D eigenvalue weighted by atomic mass is 35.5. The summed E-state index contributed by atoms with van der Waals surface area (Å²) in [5, 5.41) is 5.14. The Balaban J connectivity index is 1.75. The van der Waals surface area contributed by atoms with Gasteiger partial charge in [0.25, 0.3) is 5.91 Å². The van der Waals surface area contributed by atoms with Crippen molar-refractivity contribution in [1.29, 1.82) is 0 Å². The molecule has 0 atom stereocenters. The number of hydrogen-bond donors (Lipinski definition) is 2. The van der Waals surface area contributed by atoms with Gasteiger partial charge in [0.05, 0.1) is 5.02 Å². The summed E-state index contributed by atoms with van der Waals surface area (Å²) < 4.78 is 13.9. The molecular formula is C20H17ClFN3O3. The van der Waals surface area contributed by atoms with Crippen LogP contribution < -0.4 is 10.6 Å². The number of aryl methyl sites for hydroxylation is 1. The summed E-state index contributed by atoms with van der Waals surface area (Å²) in [6, 6.07) is 10.6. The van der Waals surface area contributed by atoms with E-state index in [2.05, 4.69) is 10.6 Å². The third-order valence-corrected chi connectivity index (χ3v) is 4.55. The summed E-state index contributed by atoms with van der Waals surface area (Å²) in [5.74, 6) is -1.88. The van der Waals surface area contributed by atoms with Gasteiger partial charge >= 0.3 is 6.03 Å². The standard InChI is InChI=1S/C20H17ClFN3O3/c1-2-12-6-3-4-9-16(12)23-18(26)11-25-19(27)17(24-20(25)28)10-13-14(21)7-5-8-15(13)22/h3-10H,2,11H2,1H3,(H,23,26)(H,24,28)/b17-10+. The van der Waals surface area contributed by atoms with Gasteiger partial charge < -0.3 is 10.6 Å². The maximum Gasteiger partial charge on any atom is 0.329 e. The molecule has 1 saturated heterocycles. The number of para-hydroxylation sites is 1. The van der Waals surface area contributed by atoms with Crippen molar-refractivity contribution < 1.29 is 18.8 Å². The molecule has 144 valence electrons. The molecule has 0 bridgehead atoms. The maximum absolute atomic E-state index is 13.9. The second-order valence-electron chi connectivity index (χ2n) is 6.07. The zero-order valence-corrected chi connectivity index (χ0v) is 15.7. The molecule has 0 aliphatic carbocycles. The van der Waals surface area contributed by atoms with Crippen molar-refractivity contribution in [2.75, 3.05) is 11.9 Å². The number of imide groups is 1. The number of carbonyl (C=O) groups is 3. The number of halogens is 2. The average molecular weight is 402 g/mol. The van der Waals surface area contributed by atoms with Crippen LogP contribution in [0.3, 0.4) is 0 Å². The van der Waals surface area contributed by atoms with Crippen molar-refractivity contribution in [2.45, 2.75) is 13.3 Å². The molecule has 2 aromatic rings. The molecule has 28 heavy (non-hydrogen) atoms. The van der Waals surface area contributed by atoms with Crippen LogP contribution in [0.1, 0.15) is 18.1 Å². The molecule has 8 heteroatoms. The van der Waals surface area contributed by atoms with Crippen molar-refractivity contribution in [3.8, 4) is 0 Å². The second kappa shape index (κ2) is 8.22. The zero-order chi connectivity index (χ0) is 20.3. The Morgan fingerprint density at radius 1 is 1.21 bits per heavy atom. The van der Waals surface area contributed by atoms with Crippen LogP contribution in [-0.4, -0.2) is 29.3 Å². The van der Waals surface area contributed by atoms with Crippen LogP contribution in [-0.2, 0) is 16.0 Å². The minimum atomic E-state index is -0.761. The highest BCUT2D eigenvalue weighted by Crippen LogP contribution is 2.23. The molecular weight excluding hydrogens is 385 g/mol. The van der Waals surface area contributed by atoms with Gasteiger partial charge in [0.15, 0.2) is 0 Å². The zero-order valence-electron chi connectivity index (χ0n) is 15.0. The van der Waals surface area contributed by atoms with Gasteiger partial charge in [-0.25, -0.2) is 14.1 Å². The fraction of sp³-hybridized carbons (Fsp3) is 0.150. The van der Waals surface area contributed by atoms with E-state index in [9.17, 15) is 18.8 Å². The Labute approximate surface area is 166 Å². The van der Waals surface area contributed by atoms with Gasteiger partial charge in [-0.2, -0.15) is 0 Å². The van der Waals surface area contributed by atoms with Gasteiger partial charge in [-0.05, 0) is 36.3 Å². The van der Waals surface area contributed by atoms with Crippen LogP contribution in [0.4, 0.5) is 14.9 Å². The van der Waals surface area contributed by atoms with Crippen molar-refractivity contribution in [2.24, 2.45) is 0 Å². The minimum Gasteiger partial charge on any atom is -0.324 e. The van der Waals surface area contributed by atoms with Crippen LogP contribution in [0.25, 0.3) is 6.08 Å². The largest absolute Gasteiger partial charge is 0.329 e. The summed E-state index contributed by atoms with van der Waals surface area (Å²) in [4.78, 5) is 37.7. The van der Waals surface area contributed by atoms with E-state index < -0.39 is 30.2 Å². The van der Waals surface area contributed by atoms with E-state index in [1.165, 1.54) is 18.2 Å². The molecule has 3 rings (SSSR count). The van der Waals surface area contributed by atoms with E-state index in [1.54, 1.807) is 12.1 Å². The molecule has 2 aromatic carbocycles. The monoisotopic (exact) mass is 401 g/mol. The lowest BCUT2D eigenvalue weighted by atomic mass is 10.1. The van der Waals surface area contributed by atoms with Crippen LogP contribution in [0, 0.1) is 5.82 Å². The molecule has 4 amide bonds. The molecule has 0 aromatic heterocycles. The number of nitrogens with zero attached hydrogens (tertiary/aromatic N) is 1. The SMILES string of the molecule is CCc1ccccc1NC(=O)CN1C(=O)N/C(=C/c2c(F)cccc2Cl)C1=O. The van der Waals surface area contributed by atoms with E-state index in [0.29, 0.717) is 5.69 Å². The summed E-state index contributed by atoms with van der Waals surface area (Å²) in [5.41, 5.74) is 1.38. The molecule has 0 radical (unpaired) electrons. The number of carbonyl (C=O) groups excluding carboxylic acids is 3. The summed E-state index contributed by atoms with van der Waals surface area (Å²) in [6.45, 7) is 1.48. The first kappa shape index (κ1) is 19.6. The fourth-order valence-corrected chi connectivity index (χ4v) is 3.01. The Morgan fingerprint density at radius 3 is 2.68 bits per heavy atom. The van der Waals surface area contributed by atoms with E-state index in [1.807, 2.05) is 19.1 Å². The van der Waals surface area contributed by atoms with Gasteiger partial charge in [0.1, 0.15) is 18.1 Å². The summed E-state index contributed by atoms with van der Waals surface area (Å²) in [6.07, 6.45) is 1.87. The van der Waals surface area contributed by atoms with Gasteiger partial charge in [-0.15, -0.1) is 0 Å². The number of nitrogens with one attached hydrogen (secondary N) is 2. The summed E-state index contributed by atoms with van der Waals surface area (Å²) in [7, 11) is 0. The Hall–Kier alpha value is -3.19. The molecule has 0 unspecified atom stereocenters. The first-order chi connectivity index (χ1) is 13.4. The van der Waals surface area contributed by atoms with Gasteiger partial charge in [0, 0.05) is 11.3 Å². The average Bonchev–Trinajstić information content (AvgIpc) is 2.92. The number of urea groups is 1. The van der Waals surface area contributed by atoms with Gasteiger partial charge in [0.2, 0.25) is 5.91 Å². The lowest BCUT2D eigenvalue weighted by molar-refractivity contribution is -0.127. The molecule has 1 aliphatic rings. The maximum atomic E-state index is 13.9. The van der Waals surface area contributed by atoms with Gasteiger partial charge in [-0.3, -0.25) is 9.59 Å². The van der Waals surface area contributed by atoms with Crippen LogP contribution in [0.15, 0.2) is 48.2 Å². The minimum absolute atomic E-state index is 0.0176. The van der Waals surface area contributed by atoms with E-state index in [-0.39, 0.29) is 16.3 Å². The Morgan fingerprint density at radius 2 is 1.96 bits per heavy atom. The normalized spacial score (nSPS) is 15.1. The van der Waals surface area contributed by atoms with Gasteiger partial charge in [-0.1, -0.05) is 42.8 Å². The number of anilines is 1. The molecule has 6 nitrogen and oxygen atoms in total. The van der Waals surface area contributed by atoms with Crippen molar-refractivity contribution in [1.82, 2.24) is 10.2 Å². The topological polar surface area (TPSA) is 78.5 Å². The second-order valence-corrected chi connectivity index (χ2v) is 6.48. The third kappa shape index (κ3) is 4.04. The Kier molecular flexibility index (Phi) is 5.75. The number of rotatable bonds is 5. The predicted octanol–water partition coefficient (Wildman–Crippen LogP) is 3.57. The first-order valence-corrected chi connectivity index (χ1v) is 8.94. The highest BCUT2D eigenvalue weighted by Gasteiger charge is 2.35. The smallest absolute Gasteiger partial charge is 0.324 e. The summed E-state index contributed by atoms with van der Waals surface area (Å²) >= 11 is 5.95. The number of benzene rings is 2. The molecule has 2 N–H and O–H groups in total. The number of hydrogen-bond acceptors (Lipinski definition) is 3. The van der Waals surface area contributed by atoms with E-state index in [4.69, 9.17) is 11.6 Å². The number of amides is 4. The Bertz CT molecular complexity index is 970. The van der Waals surface area contributed by atoms with Crippen LogP contribution in [0.5, 0.6) is 0 Å². The lowest BCUT2D eigenvalue weighted by Crippen LogP contribution is -2.38. The fourth-order valence-electron chi connectivity index (χ4n) is 2.79. The van der Waals surface area contributed by atoms with E-state index >= 15 is 0 Å². The lowest BCUT2D eigenvalue weighted by Gasteiger charge is -2.13. The molecule has 1 heterocycles. The molecule has 0 spiro atoms. The van der Waals surface area contributed by atoms with E-state index in [0.717, 1.165) is 23.0 Å². The van der Waals surface area contributed by atoms with Crippen molar-refractivity contribution >= 4 is 41.2 Å². The van der Waals surface area contributed by atoms with Crippen molar-refractivity contribution in [3.63, 3.8) is 0 Å². The van der Waals surface area contributed by atoms with Crippen LogP contribution in [0.2, 0.25) is 5.02 Å². The third-order valence-electron chi connectivity index (χ3n) is 4.22. The van der Waals surface area contributed by atoms with Crippen molar-refractivity contribution in [3.05, 3.63) is 70.1 Å². The highest BCUT2D eigenvalue weighted by molar-refractivity contribution is 6.32. The van der Waals surface area contributed by atoms with Crippen LogP contribution >= 0.6 is 11.6 Å². The molecule has 0 saturated carbocycles.